The molecule has 0 bridgehead atoms. The van der Waals surface area contributed by atoms with Gasteiger partial charge in [0.2, 0.25) is 11.8 Å². The van der Waals surface area contributed by atoms with E-state index in [9.17, 15) is 4.79 Å². The Morgan fingerprint density at radius 1 is 1.00 bits per heavy atom. The van der Waals surface area contributed by atoms with Crippen LogP contribution in [0.3, 0.4) is 0 Å². The molecule has 0 aliphatic rings. The highest BCUT2D eigenvalue weighted by atomic mass is 16.3. The van der Waals surface area contributed by atoms with Gasteiger partial charge in [0.25, 0.3) is 0 Å². The van der Waals surface area contributed by atoms with Gasteiger partial charge in [0.15, 0.2) is 5.58 Å². The molecule has 4 nitrogen and oxygen atoms in total. The number of allylic oxidation sites excluding steroid dienone is 1. The van der Waals surface area contributed by atoms with Crippen LogP contribution in [0.2, 0.25) is 0 Å². The lowest BCUT2D eigenvalue weighted by atomic mass is 10.1. The summed E-state index contributed by atoms with van der Waals surface area (Å²) in [7, 11) is 0. The smallest absolute Gasteiger partial charge is 0.248 e. The van der Waals surface area contributed by atoms with Crippen molar-refractivity contribution in [2.75, 3.05) is 5.32 Å². The fourth-order valence-electron chi connectivity index (χ4n) is 2.99. The van der Waals surface area contributed by atoms with Gasteiger partial charge in [-0.1, -0.05) is 48.0 Å². The minimum absolute atomic E-state index is 0.168. The molecule has 0 saturated carbocycles. The molecular formula is C22H18N2O2. The molecule has 1 N–H and O–H groups in total. The zero-order valence-corrected chi connectivity index (χ0v) is 14.6. The summed E-state index contributed by atoms with van der Waals surface area (Å²) >= 11 is 0. The Morgan fingerprint density at radius 3 is 2.62 bits per heavy atom. The van der Waals surface area contributed by atoms with Crippen molar-refractivity contribution in [2.45, 2.75) is 13.8 Å². The van der Waals surface area contributed by atoms with Crippen molar-refractivity contribution in [3.05, 3.63) is 72.3 Å². The van der Waals surface area contributed by atoms with Gasteiger partial charge in [-0.2, -0.15) is 0 Å². The highest BCUT2D eigenvalue weighted by Crippen LogP contribution is 2.33. The Balaban J connectivity index is 1.82. The van der Waals surface area contributed by atoms with Crippen LogP contribution in [0.1, 0.15) is 13.8 Å². The number of oxazole rings is 1. The maximum absolute atomic E-state index is 12.1. The second kappa shape index (κ2) is 6.48. The van der Waals surface area contributed by atoms with Crippen molar-refractivity contribution in [3.8, 4) is 11.5 Å². The van der Waals surface area contributed by atoms with Crippen LogP contribution >= 0.6 is 0 Å². The topological polar surface area (TPSA) is 55.1 Å². The van der Waals surface area contributed by atoms with Crippen molar-refractivity contribution in [2.24, 2.45) is 0 Å². The molecule has 128 valence electrons. The maximum Gasteiger partial charge on any atom is 0.248 e. The molecule has 0 saturated heterocycles. The summed E-state index contributed by atoms with van der Waals surface area (Å²) in [5.74, 6) is 0.323. The Bertz CT molecular complexity index is 1150. The molecule has 1 aromatic heterocycles. The van der Waals surface area contributed by atoms with E-state index in [1.54, 1.807) is 6.08 Å². The first kappa shape index (κ1) is 16.1. The van der Waals surface area contributed by atoms with Gasteiger partial charge < -0.3 is 9.73 Å². The number of amides is 1. The maximum atomic E-state index is 12.1. The predicted octanol–water partition coefficient (Wildman–Crippen LogP) is 5.55. The molecule has 4 heteroatoms. The van der Waals surface area contributed by atoms with Crippen LogP contribution in [0, 0.1) is 0 Å². The third-order valence-electron chi connectivity index (χ3n) is 4.12. The van der Waals surface area contributed by atoms with E-state index in [0.717, 1.165) is 33.0 Å². The summed E-state index contributed by atoms with van der Waals surface area (Å²) < 4.78 is 5.99. The molecule has 1 amide bonds. The number of hydrogen-bond donors (Lipinski definition) is 1. The van der Waals surface area contributed by atoms with Crippen LogP contribution in [0.15, 0.2) is 76.7 Å². The van der Waals surface area contributed by atoms with Gasteiger partial charge in [0, 0.05) is 11.5 Å². The van der Waals surface area contributed by atoms with E-state index >= 15 is 0 Å². The summed E-state index contributed by atoms with van der Waals surface area (Å²) in [5, 5.41) is 5.07. The Kier molecular flexibility index (Phi) is 4.01. The average molecular weight is 342 g/mol. The van der Waals surface area contributed by atoms with E-state index < -0.39 is 0 Å². The number of nitrogens with one attached hydrogen (secondary N) is 1. The molecule has 1 heterocycles. The lowest BCUT2D eigenvalue weighted by molar-refractivity contribution is -0.111. The van der Waals surface area contributed by atoms with Crippen molar-refractivity contribution in [1.29, 1.82) is 0 Å². The molecule has 0 atom stereocenters. The molecule has 0 radical (unpaired) electrons. The second-order valence-electron chi connectivity index (χ2n) is 6.41. The molecule has 4 rings (SSSR count). The van der Waals surface area contributed by atoms with Crippen molar-refractivity contribution in [3.63, 3.8) is 0 Å². The Morgan fingerprint density at radius 2 is 1.77 bits per heavy atom. The normalized spacial score (nSPS) is 10.8. The van der Waals surface area contributed by atoms with Crippen LogP contribution < -0.4 is 5.32 Å². The largest absolute Gasteiger partial charge is 0.436 e. The van der Waals surface area contributed by atoms with Gasteiger partial charge in [0.05, 0.1) is 11.3 Å². The number of hydrogen-bond acceptors (Lipinski definition) is 3. The second-order valence-corrected chi connectivity index (χ2v) is 6.41. The first-order valence-corrected chi connectivity index (χ1v) is 8.45. The summed E-state index contributed by atoms with van der Waals surface area (Å²) in [6.07, 6.45) is 1.57. The van der Waals surface area contributed by atoms with Gasteiger partial charge >= 0.3 is 0 Å². The SMILES string of the molecule is CC(C)=CC(=O)Nc1ccccc1-c1nc2c(ccc3ccccc32)o1. The summed E-state index contributed by atoms with van der Waals surface area (Å²) in [4.78, 5) is 16.8. The van der Waals surface area contributed by atoms with Crippen LogP contribution in [-0.2, 0) is 4.79 Å². The number of rotatable bonds is 3. The first-order chi connectivity index (χ1) is 12.6. The van der Waals surface area contributed by atoms with Crippen LogP contribution in [0.4, 0.5) is 5.69 Å². The number of carbonyl (C=O) groups excluding carboxylic acids is 1. The van der Waals surface area contributed by atoms with Crippen molar-refractivity contribution < 1.29 is 9.21 Å². The molecule has 0 aliphatic heterocycles. The third kappa shape index (κ3) is 2.97. The molecule has 0 aliphatic carbocycles. The first-order valence-electron chi connectivity index (χ1n) is 8.45. The van der Waals surface area contributed by atoms with Gasteiger partial charge in [-0.25, -0.2) is 4.98 Å². The lowest BCUT2D eigenvalue weighted by Crippen LogP contribution is -2.09. The van der Waals surface area contributed by atoms with E-state index in [-0.39, 0.29) is 5.91 Å². The lowest BCUT2D eigenvalue weighted by Gasteiger charge is -2.07. The van der Waals surface area contributed by atoms with Crippen molar-refractivity contribution in [1.82, 2.24) is 4.98 Å². The zero-order chi connectivity index (χ0) is 18.1. The van der Waals surface area contributed by atoms with Crippen LogP contribution in [-0.4, -0.2) is 10.9 Å². The fraction of sp³-hybridized carbons (Fsp3) is 0.0909. The number of aromatic nitrogens is 1. The zero-order valence-electron chi connectivity index (χ0n) is 14.6. The molecular weight excluding hydrogens is 324 g/mol. The predicted molar refractivity (Wildman–Crippen MR) is 105 cm³/mol. The number of anilines is 1. The van der Waals surface area contributed by atoms with E-state index in [1.807, 2.05) is 68.4 Å². The van der Waals surface area contributed by atoms with Crippen LogP contribution in [0.25, 0.3) is 33.3 Å². The standard InChI is InChI=1S/C22H18N2O2/c1-14(2)13-20(25)23-18-10-6-5-9-17(18)22-24-21-16-8-4-3-7-15(16)11-12-19(21)26-22/h3-13H,1-2H3,(H,23,25). The van der Waals surface area contributed by atoms with E-state index in [2.05, 4.69) is 11.4 Å². The number of benzene rings is 3. The van der Waals surface area contributed by atoms with Crippen molar-refractivity contribution >= 4 is 33.5 Å². The fourth-order valence-corrected chi connectivity index (χ4v) is 2.99. The molecule has 0 unspecified atom stereocenters. The van der Waals surface area contributed by atoms with E-state index in [0.29, 0.717) is 11.6 Å². The Hall–Kier alpha value is -3.40. The number of nitrogens with zero attached hydrogens (tertiary/aromatic N) is 1. The Labute approximate surface area is 151 Å². The van der Waals surface area contributed by atoms with Gasteiger partial charge in [-0.05, 0) is 37.4 Å². The van der Waals surface area contributed by atoms with E-state index in [4.69, 9.17) is 9.40 Å². The van der Waals surface area contributed by atoms with E-state index in [1.165, 1.54) is 0 Å². The number of para-hydroxylation sites is 1. The van der Waals surface area contributed by atoms with Crippen LogP contribution in [0.5, 0.6) is 0 Å². The monoisotopic (exact) mass is 342 g/mol. The molecule has 4 aromatic rings. The van der Waals surface area contributed by atoms with Gasteiger partial charge in [0.1, 0.15) is 5.52 Å². The minimum atomic E-state index is -0.168. The van der Waals surface area contributed by atoms with Gasteiger partial charge in [-0.15, -0.1) is 0 Å². The molecule has 0 fully saturated rings. The summed E-state index contributed by atoms with van der Waals surface area (Å²) in [5.41, 5.74) is 3.91. The number of fused-ring (bicyclic) bond motifs is 3. The highest BCUT2D eigenvalue weighted by Gasteiger charge is 2.14. The average Bonchev–Trinajstić information content (AvgIpc) is 3.06. The summed E-state index contributed by atoms with van der Waals surface area (Å²) in [6.45, 7) is 3.77. The molecule has 0 spiro atoms. The minimum Gasteiger partial charge on any atom is -0.436 e. The van der Waals surface area contributed by atoms with Gasteiger partial charge in [-0.3, -0.25) is 4.79 Å². The number of carbonyl (C=O) groups is 1. The molecule has 26 heavy (non-hydrogen) atoms. The molecule has 3 aromatic carbocycles. The highest BCUT2D eigenvalue weighted by molar-refractivity contribution is 6.05. The summed E-state index contributed by atoms with van der Waals surface area (Å²) in [6, 6.07) is 19.5. The third-order valence-corrected chi connectivity index (χ3v) is 4.12. The quantitative estimate of drug-likeness (QED) is 0.496.